The third kappa shape index (κ3) is 2.47. The van der Waals surface area contributed by atoms with Gasteiger partial charge in [-0.05, 0) is 49.5 Å². The van der Waals surface area contributed by atoms with Crippen LogP contribution in [0.25, 0.3) is 0 Å². The first-order valence-electron chi connectivity index (χ1n) is 6.38. The van der Waals surface area contributed by atoms with Crippen LogP contribution in [0, 0.1) is 16.7 Å². The van der Waals surface area contributed by atoms with Crippen molar-refractivity contribution in [2.45, 2.75) is 12.8 Å². The Morgan fingerprint density at radius 1 is 1.22 bits per heavy atom. The standard InChI is InChI=1S/C14H20N4/c15-9-12-2-1-3-13(8-12)18-6-4-14(10-16,11-17)5-7-18/h1-3,8H,4-7,10-11,16-17H2. The van der Waals surface area contributed by atoms with Gasteiger partial charge in [0.2, 0.25) is 0 Å². The van der Waals surface area contributed by atoms with Gasteiger partial charge in [-0.3, -0.25) is 0 Å². The molecule has 0 aromatic heterocycles. The highest BCUT2D eigenvalue weighted by molar-refractivity contribution is 5.51. The molecule has 0 unspecified atom stereocenters. The van der Waals surface area contributed by atoms with Gasteiger partial charge in [0.25, 0.3) is 0 Å². The van der Waals surface area contributed by atoms with Crippen LogP contribution in [0.1, 0.15) is 18.4 Å². The maximum atomic E-state index is 8.92. The number of anilines is 1. The van der Waals surface area contributed by atoms with Gasteiger partial charge in [-0.1, -0.05) is 6.07 Å². The summed E-state index contributed by atoms with van der Waals surface area (Å²) in [5.41, 5.74) is 13.6. The molecule has 0 radical (unpaired) electrons. The molecule has 0 aliphatic carbocycles. The van der Waals surface area contributed by atoms with Crippen LogP contribution in [0.3, 0.4) is 0 Å². The zero-order chi connectivity index (χ0) is 13.0. The number of nitrogens with zero attached hydrogens (tertiary/aromatic N) is 2. The number of benzene rings is 1. The summed E-state index contributed by atoms with van der Waals surface area (Å²) in [5.74, 6) is 0. The Hall–Kier alpha value is -1.57. The molecule has 1 aromatic carbocycles. The molecule has 18 heavy (non-hydrogen) atoms. The molecule has 0 spiro atoms. The third-order valence-corrected chi connectivity index (χ3v) is 4.03. The Morgan fingerprint density at radius 3 is 2.44 bits per heavy atom. The molecule has 4 nitrogen and oxygen atoms in total. The quantitative estimate of drug-likeness (QED) is 0.833. The molecule has 1 fully saturated rings. The van der Waals surface area contributed by atoms with Crippen LogP contribution in [0.2, 0.25) is 0 Å². The molecule has 0 atom stereocenters. The molecule has 1 aliphatic rings. The summed E-state index contributed by atoms with van der Waals surface area (Å²) in [6, 6.07) is 9.94. The van der Waals surface area contributed by atoms with E-state index >= 15 is 0 Å². The minimum atomic E-state index is 0.114. The number of nitriles is 1. The fourth-order valence-electron chi connectivity index (χ4n) is 2.50. The summed E-state index contributed by atoms with van der Waals surface area (Å²) >= 11 is 0. The summed E-state index contributed by atoms with van der Waals surface area (Å²) in [5, 5.41) is 8.92. The molecule has 0 bridgehead atoms. The van der Waals surface area contributed by atoms with Gasteiger partial charge in [-0.25, -0.2) is 0 Å². The fraction of sp³-hybridized carbons (Fsp3) is 0.500. The third-order valence-electron chi connectivity index (χ3n) is 4.03. The minimum Gasteiger partial charge on any atom is -0.371 e. The zero-order valence-electron chi connectivity index (χ0n) is 10.6. The Balaban J connectivity index is 2.07. The van der Waals surface area contributed by atoms with Crippen LogP contribution in [-0.2, 0) is 0 Å². The highest BCUT2D eigenvalue weighted by atomic mass is 15.1. The Bertz CT molecular complexity index is 435. The Labute approximate surface area is 108 Å². The van der Waals surface area contributed by atoms with E-state index in [2.05, 4.69) is 17.0 Å². The van der Waals surface area contributed by atoms with Gasteiger partial charge in [0.05, 0.1) is 11.6 Å². The molecular formula is C14H20N4. The minimum absolute atomic E-state index is 0.114. The lowest BCUT2D eigenvalue weighted by atomic mass is 9.78. The smallest absolute Gasteiger partial charge is 0.0992 e. The van der Waals surface area contributed by atoms with Crippen molar-refractivity contribution >= 4 is 5.69 Å². The molecule has 1 aromatic rings. The van der Waals surface area contributed by atoms with E-state index in [4.69, 9.17) is 16.7 Å². The van der Waals surface area contributed by atoms with Crippen molar-refractivity contribution in [3.8, 4) is 6.07 Å². The van der Waals surface area contributed by atoms with Crippen molar-refractivity contribution in [2.24, 2.45) is 16.9 Å². The Kier molecular flexibility index (Phi) is 3.85. The van der Waals surface area contributed by atoms with Crippen molar-refractivity contribution in [1.82, 2.24) is 0 Å². The van der Waals surface area contributed by atoms with Crippen LogP contribution < -0.4 is 16.4 Å². The summed E-state index contributed by atoms with van der Waals surface area (Å²) in [4.78, 5) is 2.31. The lowest BCUT2D eigenvalue weighted by Gasteiger charge is -2.41. The van der Waals surface area contributed by atoms with Gasteiger partial charge in [0, 0.05) is 18.8 Å². The van der Waals surface area contributed by atoms with Crippen LogP contribution in [0.5, 0.6) is 0 Å². The van der Waals surface area contributed by atoms with E-state index in [-0.39, 0.29) is 5.41 Å². The fourth-order valence-corrected chi connectivity index (χ4v) is 2.50. The number of rotatable bonds is 3. The van der Waals surface area contributed by atoms with Crippen molar-refractivity contribution in [1.29, 1.82) is 5.26 Å². The highest BCUT2D eigenvalue weighted by Crippen LogP contribution is 2.31. The monoisotopic (exact) mass is 244 g/mol. The molecule has 2 rings (SSSR count). The molecule has 1 heterocycles. The van der Waals surface area contributed by atoms with E-state index in [1.165, 1.54) is 0 Å². The first kappa shape index (κ1) is 12.9. The van der Waals surface area contributed by atoms with Gasteiger partial charge < -0.3 is 16.4 Å². The van der Waals surface area contributed by atoms with Crippen molar-refractivity contribution < 1.29 is 0 Å². The second-order valence-electron chi connectivity index (χ2n) is 5.06. The second kappa shape index (κ2) is 5.38. The van der Waals surface area contributed by atoms with Crippen molar-refractivity contribution in [3.05, 3.63) is 29.8 Å². The average molecular weight is 244 g/mol. The maximum absolute atomic E-state index is 8.92. The first-order chi connectivity index (χ1) is 8.73. The van der Waals surface area contributed by atoms with Crippen LogP contribution >= 0.6 is 0 Å². The van der Waals surface area contributed by atoms with Gasteiger partial charge in [-0.2, -0.15) is 5.26 Å². The number of hydrogen-bond acceptors (Lipinski definition) is 4. The summed E-state index contributed by atoms with van der Waals surface area (Å²) in [7, 11) is 0. The molecule has 1 aliphatic heterocycles. The second-order valence-corrected chi connectivity index (χ2v) is 5.06. The van der Waals surface area contributed by atoms with Crippen molar-refractivity contribution in [3.63, 3.8) is 0 Å². The summed E-state index contributed by atoms with van der Waals surface area (Å²) in [6.45, 7) is 3.25. The normalized spacial score (nSPS) is 18.4. The zero-order valence-corrected chi connectivity index (χ0v) is 10.6. The first-order valence-corrected chi connectivity index (χ1v) is 6.38. The van der Waals surface area contributed by atoms with E-state index in [1.54, 1.807) is 0 Å². The molecule has 4 N–H and O–H groups in total. The lowest BCUT2D eigenvalue weighted by Crippen LogP contribution is -2.47. The van der Waals surface area contributed by atoms with Crippen molar-refractivity contribution in [2.75, 3.05) is 31.1 Å². The van der Waals surface area contributed by atoms with E-state index in [0.29, 0.717) is 18.7 Å². The number of hydrogen-bond donors (Lipinski definition) is 2. The average Bonchev–Trinajstić information content (AvgIpc) is 2.47. The number of nitrogens with two attached hydrogens (primary N) is 2. The number of piperidine rings is 1. The topological polar surface area (TPSA) is 79.1 Å². The highest BCUT2D eigenvalue weighted by Gasteiger charge is 2.32. The van der Waals surface area contributed by atoms with E-state index in [1.807, 2.05) is 18.2 Å². The van der Waals surface area contributed by atoms with Gasteiger partial charge in [-0.15, -0.1) is 0 Å². The molecule has 4 heteroatoms. The van der Waals surface area contributed by atoms with E-state index in [9.17, 15) is 0 Å². The van der Waals surface area contributed by atoms with E-state index < -0.39 is 0 Å². The largest absolute Gasteiger partial charge is 0.371 e. The van der Waals surface area contributed by atoms with Gasteiger partial charge in [0.1, 0.15) is 0 Å². The Morgan fingerprint density at radius 2 is 1.89 bits per heavy atom. The van der Waals surface area contributed by atoms with Gasteiger partial charge >= 0.3 is 0 Å². The van der Waals surface area contributed by atoms with E-state index in [0.717, 1.165) is 31.6 Å². The molecule has 1 saturated heterocycles. The SMILES string of the molecule is N#Cc1cccc(N2CCC(CN)(CN)CC2)c1. The maximum Gasteiger partial charge on any atom is 0.0992 e. The molecule has 0 amide bonds. The summed E-state index contributed by atoms with van der Waals surface area (Å²) in [6.07, 6.45) is 2.05. The lowest BCUT2D eigenvalue weighted by molar-refractivity contribution is 0.238. The molecule has 0 saturated carbocycles. The van der Waals surface area contributed by atoms with Crippen LogP contribution in [0.4, 0.5) is 5.69 Å². The van der Waals surface area contributed by atoms with Crippen LogP contribution in [-0.4, -0.2) is 26.2 Å². The van der Waals surface area contributed by atoms with Gasteiger partial charge in [0.15, 0.2) is 0 Å². The molecular weight excluding hydrogens is 224 g/mol. The predicted molar refractivity (Wildman–Crippen MR) is 73.1 cm³/mol. The predicted octanol–water partition coefficient (Wildman–Crippen LogP) is 1.06. The molecule has 96 valence electrons. The summed E-state index contributed by atoms with van der Waals surface area (Å²) < 4.78 is 0. The van der Waals surface area contributed by atoms with Crippen LogP contribution in [0.15, 0.2) is 24.3 Å².